The molecular formula is C24H23N3O. The molecule has 0 fully saturated rings. The SMILES string of the molecule is Cc1[nH]c2ccccc2c1C1=CCN(C(=O)Cc2c[nH]c3ccccc23)CC1. The average molecular weight is 369 g/mol. The fourth-order valence-corrected chi connectivity index (χ4v) is 4.37. The highest BCUT2D eigenvalue weighted by Gasteiger charge is 2.21. The molecule has 5 rings (SSSR count). The highest BCUT2D eigenvalue weighted by Crippen LogP contribution is 2.32. The lowest BCUT2D eigenvalue weighted by Crippen LogP contribution is -2.35. The highest BCUT2D eigenvalue weighted by molar-refractivity contribution is 5.95. The maximum absolute atomic E-state index is 12.9. The average Bonchev–Trinajstić information content (AvgIpc) is 3.28. The number of para-hydroxylation sites is 2. The van der Waals surface area contributed by atoms with Crippen LogP contribution in [-0.4, -0.2) is 33.9 Å². The largest absolute Gasteiger partial charge is 0.361 e. The minimum atomic E-state index is 0.190. The van der Waals surface area contributed by atoms with Crippen molar-refractivity contribution in [1.82, 2.24) is 14.9 Å². The summed E-state index contributed by atoms with van der Waals surface area (Å²) >= 11 is 0. The molecule has 28 heavy (non-hydrogen) atoms. The van der Waals surface area contributed by atoms with Crippen molar-refractivity contribution in [3.05, 3.63) is 77.6 Å². The van der Waals surface area contributed by atoms with Crippen molar-refractivity contribution in [3.63, 3.8) is 0 Å². The molecule has 3 heterocycles. The molecule has 140 valence electrons. The van der Waals surface area contributed by atoms with E-state index in [1.807, 2.05) is 29.3 Å². The molecule has 1 aliphatic heterocycles. The van der Waals surface area contributed by atoms with Gasteiger partial charge < -0.3 is 14.9 Å². The maximum atomic E-state index is 12.9. The Balaban J connectivity index is 1.35. The molecule has 0 saturated carbocycles. The highest BCUT2D eigenvalue weighted by atomic mass is 16.2. The second-order valence-electron chi connectivity index (χ2n) is 7.53. The number of nitrogens with zero attached hydrogens (tertiary/aromatic N) is 1. The fourth-order valence-electron chi connectivity index (χ4n) is 4.37. The quantitative estimate of drug-likeness (QED) is 0.535. The van der Waals surface area contributed by atoms with Crippen LogP contribution in [0.5, 0.6) is 0 Å². The van der Waals surface area contributed by atoms with Crippen LogP contribution in [0.2, 0.25) is 0 Å². The van der Waals surface area contributed by atoms with Crippen LogP contribution in [0, 0.1) is 6.92 Å². The zero-order valence-electron chi connectivity index (χ0n) is 16.0. The zero-order valence-corrected chi connectivity index (χ0v) is 16.0. The van der Waals surface area contributed by atoms with Crippen molar-refractivity contribution >= 4 is 33.3 Å². The van der Waals surface area contributed by atoms with Crippen LogP contribution in [0.3, 0.4) is 0 Å². The first-order valence-electron chi connectivity index (χ1n) is 9.80. The van der Waals surface area contributed by atoms with Crippen LogP contribution in [0.15, 0.2) is 60.8 Å². The van der Waals surface area contributed by atoms with Gasteiger partial charge in [-0.15, -0.1) is 0 Å². The topological polar surface area (TPSA) is 51.9 Å². The number of carbonyl (C=O) groups excluding carboxylic acids is 1. The smallest absolute Gasteiger partial charge is 0.227 e. The first kappa shape index (κ1) is 16.9. The van der Waals surface area contributed by atoms with Gasteiger partial charge in [-0.25, -0.2) is 0 Å². The van der Waals surface area contributed by atoms with Gasteiger partial charge in [-0.05, 0) is 36.6 Å². The zero-order chi connectivity index (χ0) is 19.1. The number of hydrogen-bond acceptors (Lipinski definition) is 1. The van der Waals surface area contributed by atoms with Crippen molar-refractivity contribution in [2.75, 3.05) is 13.1 Å². The van der Waals surface area contributed by atoms with Crippen molar-refractivity contribution in [1.29, 1.82) is 0 Å². The first-order valence-corrected chi connectivity index (χ1v) is 9.80. The molecule has 4 heteroatoms. The molecule has 4 nitrogen and oxygen atoms in total. The summed E-state index contributed by atoms with van der Waals surface area (Å²) in [5.74, 6) is 0.190. The Morgan fingerprint density at radius 1 is 1.04 bits per heavy atom. The van der Waals surface area contributed by atoms with Gasteiger partial charge in [0.05, 0.1) is 6.42 Å². The Kier molecular flexibility index (Phi) is 4.05. The van der Waals surface area contributed by atoms with Crippen molar-refractivity contribution in [2.45, 2.75) is 19.8 Å². The van der Waals surface area contributed by atoms with Crippen LogP contribution in [0.25, 0.3) is 27.4 Å². The third-order valence-electron chi connectivity index (χ3n) is 5.79. The first-order chi connectivity index (χ1) is 13.7. The van der Waals surface area contributed by atoms with Gasteiger partial charge in [-0.2, -0.15) is 0 Å². The second-order valence-corrected chi connectivity index (χ2v) is 7.53. The second kappa shape index (κ2) is 6.71. The molecule has 1 amide bonds. The predicted octanol–water partition coefficient (Wildman–Crippen LogP) is 4.82. The minimum Gasteiger partial charge on any atom is -0.361 e. The van der Waals surface area contributed by atoms with E-state index in [2.05, 4.69) is 53.3 Å². The fraction of sp³-hybridized carbons (Fsp3) is 0.208. The van der Waals surface area contributed by atoms with E-state index < -0.39 is 0 Å². The number of fused-ring (bicyclic) bond motifs is 2. The van der Waals surface area contributed by atoms with E-state index in [1.54, 1.807) is 0 Å². The number of rotatable bonds is 3. The molecule has 0 aliphatic carbocycles. The van der Waals surface area contributed by atoms with E-state index >= 15 is 0 Å². The Bertz CT molecular complexity index is 1210. The number of aromatic amines is 2. The van der Waals surface area contributed by atoms with Crippen LogP contribution in [-0.2, 0) is 11.2 Å². The summed E-state index contributed by atoms with van der Waals surface area (Å²) in [6, 6.07) is 16.6. The molecule has 0 atom stereocenters. The Morgan fingerprint density at radius 2 is 1.79 bits per heavy atom. The number of carbonyl (C=O) groups is 1. The lowest BCUT2D eigenvalue weighted by molar-refractivity contribution is -0.130. The van der Waals surface area contributed by atoms with Gasteiger partial charge in [0.2, 0.25) is 5.91 Å². The normalized spacial score (nSPS) is 14.6. The summed E-state index contributed by atoms with van der Waals surface area (Å²) in [6.45, 7) is 3.58. The maximum Gasteiger partial charge on any atom is 0.227 e. The standard InChI is InChI=1S/C24H23N3O/c1-16-24(20-7-3-5-9-22(20)26-16)17-10-12-27(13-11-17)23(28)14-18-15-25-21-8-4-2-6-19(18)21/h2-10,15,25-26H,11-14H2,1H3. The van der Waals surface area contributed by atoms with Crippen LogP contribution >= 0.6 is 0 Å². The number of aromatic nitrogens is 2. The molecule has 0 bridgehead atoms. The monoisotopic (exact) mass is 369 g/mol. The van der Waals surface area contributed by atoms with E-state index in [1.165, 1.54) is 27.7 Å². The predicted molar refractivity (Wildman–Crippen MR) is 114 cm³/mol. The third-order valence-corrected chi connectivity index (χ3v) is 5.79. The number of benzene rings is 2. The number of nitrogens with one attached hydrogen (secondary N) is 2. The molecule has 1 aliphatic rings. The molecule has 2 aromatic heterocycles. The summed E-state index contributed by atoms with van der Waals surface area (Å²) in [4.78, 5) is 21.6. The molecule has 0 radical (unpaired) electrons. The summed E-state index contributed by atoms with van der Waals surface area (Å²) in [7, 11) is 0. The Hall–Kier alpha value is -3.27. The molecule has 0 saturated heterocycles. The molecular weight excluding hydrogens is 346 g/mol. The lowest BCUT2D eigenvalue weighted by atomic mass is 9.96. The molecule has 0 spiro atoms. The number of aryl methyl sites for hydroxylation is 1. The molecule has 0 unspecified atom stereocenters. The van der Waals surface area contributed by atoms with Gasteiger partial charge in [0.25, 0.3) is 0 Å². The van der Waals surface area contributed by atoms with Crippen molar-refractivity contribution in [3.8, 4) is 0 Å². The lowest BCUT2D eigenvalue weighted by Gasteiger charge is -2.27. The van der Waals surface area contributed by atoms with Crippen LogP contribution in [0.1, 0.15) is 23.2 Å². The van der Waals surface area contributed by atoms with Crippen LogP contribution in [0.4, 0.5) is 0 Å². The summed E-state index contributed by atoms with van der Waals surface area (Å²) in [5, 5.41) is 2.41. The number of amides is 1. The Labute approximate surface area is 163 Å². The summed E-state index contributed by atoms with van der Waals surface area (Å²) < 4.78 is 0. The minimum absolute atomic E-state index is 0.190. The van der Waals surface area contributed by atoms with Gasteiger partial charge in [0.1, 0.15) is 0 Å². The van der Waals surface area contributed by atoms with Gasteiger partial charge in [-0.3, -0.25) is 4.79 Å². The van der Waals surface area contributed by atoms with Gasteiger partial charge in [0, 0.05) is 52.3 Å². The van der Waals surface area contributed by atoms with Gasteiger partial charge in [0.15, 0.2) is 0 Å². The van der Waals surface area contributed by atoms with Crippen molar-refractivity contribution in [2.24, 2.45) is 0 Å². The number of H-pyrrole nitrogens is 2. The van der Waals surface area contributed by atoms with E-state index in [4.69, 9.17) is 0 Å². The van der Waals surface area contributed by atoms with E-state index in [9.17, 15) is 4.79 Å². The van der Waals surface area contributed by atoms with Crippen molar-refractivity contribution < 1.29 is 4.79 Å². The van der Waals surface area contributed by atoms with Gasteiger partial charge in [-0.1, -0.05) is 42.5 Å². The van der Waals surface area contributed by atoms with E-state index in [-0.39, 0.29) is 5.91 Å². The van der Waals surface area contributed by atoms with E-state index in [0.29, 0.717) is 13.0 Å². The third kappa shape index (κ3) is 2.82. The molecule has 4 aromatic rings. The Morgan fingerprint density at radius 3 is 2.57 bits per heavy atom. The molecule has 2 aromatic carbocycles. The van der Waals surface area contributed by atoms with Crippen LogP contribution < -0.4 is 0 Å². The summed E-state index contributed by atoms with van der Waals surface area (Å²) in [5.41, 5.74) is 7.17. The summed E-state index contributed by atoms with van der Waals surface area (Å²) in [6.07, 6.45) is 5.52. The number of hydrogen-bond donors (Lipinski definition) is 2. The van der Waals surface area contributed by atoms with E-state index in [0.717, 1.165) is 29.4 Å². The molecule has 2 N–H and O–H groups in total. The van der Waals surface area contributed by atoms with Gasteiger partial charge >= 0.3 is 0 Å².